The molecule has 2 N–H and O–H groups in total. The first-order chi connectivity index (χ1) is 9.24. The third-order valence-corrected chi connectivity index (χ3v) is 3.36. The van der Waals surface area contributed by atoms with Crippen molar-refractivity contribution in [3.05, 3.63) is 35.7 Å². The molecule has 1 saturated heterocycles. The van der Waals surface area contributed by atoms with Gasteiger partial charge in [-0.05, 0) is 37.6 Å². The molecule has 6 heteroatoms. The molecule has 0 radical (unpaired) electrons. The van der Waals surface area contributed by atoms with Crippen molar-refractivity contribution in [2.75, 3.05) is 13.1 Å². The van der Waals surface area contributed by atoms with Gasteiger partial charge in [0.1, 0.15) is 5.82 Å². The van der Waals surface area contributed by atoms with Crippen molar-refractivity contribution in [1.29, 1.82) is 0 Å². The lowest BCUT2D eigenvalue weighted by Gasteiger charge is -2.20. The summed E-state index contributed by atoms with van der Waals surface area (Å²) in [4.78, 5) is 4.38. The fourth-order valence-electron chi connectivity index (χ4n) is 2.31. The highest BCUT2D eigenvalue weighted by Crippen LogP contribution is 2.23. The lowest BCUT2D eigenvalue weighted by molar-refractivity contribution is 0.447. The Balaban J connectivity index is 1.85. The van der Waals surface area contributed by atoms with Crippen LogP contribution in [0.4, 0.5) is 8.78 Å². The molecule has 1 aliphatic heterocycles. The maximum absolute atomic E-state index is 13.2. The van der Waals surface area contributed by atoms with Gasteiger partial charge in [-0.15, -0.1) is 0 Å². The van der Waals surface area contributed by atoms with Gasteiger partial charge in [-0.3, -0.25) is 5.10 Å². The molecule has 4 nitrogen and oxygen atoms in total. The van der Waals surface area contributed by atoms with Crippen LogP contribution in [0.2, 0.25) is 0 Å². The summed E-state index contributed by atoms with van der Waals surface area (Å²) in [5, 5.41) is 10.3. The fraction of sp³-hybridized carbons (Fsp3) is 0.385. The number of nitrogens with one attached hydrogen (secondary N) is 2. The summed E-state index contributed by atoms with van der Waals surface area (Å²) in [6.45, 7) is 1.90. The highest BCUT2D eigenvalue weighted by Gasteiger charge is 2.19. The van der Waals surface area contributed by atoms with Gasteiger partial charge in [0.2, 0.25) is 0 Å². The average Bonchev–Trinajstić information content (AvgIpc) is 2.93. The molecule has 2 heterocycles. The molecule has 3 rings (SSSR count). The number of benzene rings is 1. The number of aromatic nitrogens is 3. The molecule has 19 heavy (non-hydrogen) atoms. The molecule has 1 aromatic carbocycles. The molecule has 1 aliphatic rings. The SMILES string of the molecule is Fc1ccc(-c2n[nH]c(C3CCCNC3)n2)cc1F. The molecule has 0 amide bonds. The zero-order valence-corrected chi connectivity index (χ0v) is 10.3. The maximum atomic E-state index is 13.2. The van der Waals surface area contributed by atoms with E-state index >= 15 is 0 Å². The number of piperidine rings is 1. The van der Waals surface area contributed by atoms with Crippen LogP contribution in [0.15, 0.2) is 18.2 Å². The van der Waals surface area contributed by atoms with Gasteiger partial charge in [-0.25, -0.2) is 13.8 Å². The number of hydrogen-bond donors (Lipinski definition) is 2. The minimum atomic E-state index is -0.886. The van der Waals surface area contributed by atoms with Crippen molar-refractivity contribution in [1.82, 2.24) is 20.5 Å². The molecule has 2 aromatic rings. The van der Waals surface area contributed by atoms with E-state index in [9.17, 15) is 8.78 Å². The summed E-state index contributed by atoms with van der Waals surface area (Å²) < 4.78 is 26.1. The number of halogens is 2. The minimum Gasteiger partial charge on any atom is -0.316 e. The first-order valence-corrected chi connectivity index (χ1v) is 6.32. The van der Waals surface area contributed by atoms with Crippen LogP contribution in [0.3, 0.4) is 0 Å². The molecule has 1 atom stereocenters. The second-order valence-corrected chi connectivity index (χ2v) is 4.72. The normalized spacial score (nSPS) is 19.6. The Morgan fingerprint density at radius 1 is 1.21 bits per heavy atom. The van der Waals surface area contributed by atoms with Crippen LogP contribution in [0.5, 0.6) is 0 Å². The van der Waals surface area contributed by atoms with E-state index in [4.69, 9.17) is 0 Å². The molecule has 0 saturated carbocycles. The Morgan fingerprint density at radius 2 is 2.11 bits per heavy atom. The van der Waals surface area contributed by atoms with Gasteiger partial charge in [0.25, 0.3) is 0 Å². The van der Waals surface area contributed by atoms with Gasteiger partial charge < -0.3 is 5.32 Å². The first-order valence-electron chi connectivity index (χ1n) is 6.32. The van der Waals surface area contributed by atoms with Crippen molar-refractivity contribution < 1.29 is 8.78 Å². The van der Waals surface area contributed by atoms with Crippen LogP contribution in [-0.2, 0) is 0 Å². The summed E-state index contributed by atoms with van der Waals surface area (Å²) in [5.41, 5.74) is 0.477. The highest BCUT2D eigenvalue weighted by molar-refractivity contribution is 5.54. The number of rotatable bonds is 2. The largest absolute Gasteiger partial charge is 0.316 e. The van der Waals surface area contributed by atoms with E-state index in [0.29, 0.717) is 17.3 Å². The van der Waals surface area contributed by atoms with Crippen LogP contribution >= 0.6 is 0 Å². The second kappa shape index (κ2) is 5.05. The van der Waals surface area contributed by atoms with Gasteiger partial charge >= 0.3 is 0 Å². The first kappa shape index (κ1) is 12.2. The van der Waals surface area contributed by atoms with Gasteiger partial charge in [-0.1, -0.05) is 0 Å². The average molecular weight is 264 g/mol. The fourth-order valence-corrected chi connectivity index (χ4v) is 2.31. The monoisotopic (exact) mass is 264 g/mol. The molecule has 1 unspecified atom stereocenters. The Hall–Kier alpha value is -1.82. The third kappa shape index (κ3) is 2.49. The van der Waals surface area contributed by atoms with Crippen LogP contribution in [0, 0.1) is 11.6 Å². The molecular formula is C13H14F2N4. The summed E-state index contributed by atoms with van der Waals surface area (Å²) >= 11 is 0. The van der Waals surface area contributed by atoms with Crippen molar-refractivity contribution in [2.45, 2.75) is 18.8 Å². The highest BCUT2D eigenvalue weighted by atomic mass is 19.2. The molecule has 1 aromatic heterocycles. The Morgan fingerprint density at radius 3 is 2.84 bits per heavy atom. The van der Waals surface area contributed by atoms with Crippen molar-refractivity contribution in [2.24, 2.45) is 0 Å². The van der Waals surface area contributed by atoms with Crippen molar-refractivity contribution >= 4 is 0 Å². The second-order valence-electron chi connectivity index (χ2n) is 4.72. The zero-order chi connectivity index (χ0) is 13.2. The summed E-state index contributed by atoms with van der Waals surface area (Å²) in [6, 6.07) is 3.68. The van der Waals surface area contributed by atoms with E-state index in [0.717, 1.165) is 43.9 Å². The lowest BCUT2D eigenvalue weighted by atomic mass is 9.99. The number of hydrogen-bond acceptors (Lipinski definition) is 3. The van der Waals surface area contributed by atoms with E-state index < -0.39 is 11.6 Å². The molecule has 0 aliphatic carbocycles. The molecular weight excluding hydrogens is 250 g/mol. The topological polar surface area (TPSA) is 53.6 Å². The van der Waals surface area contributed by atoms with Gasteiger partial charge in [-0.2, -0.15) is 5.10 Å². The van der Waals surface area contributed by atoms with Gasteiger partial charge in [0, 0.05) is 18.0 Å². The summed E-state index contributed by atoms with van der Waals surface area (Å²) in [7, 11) is 0. The Bertz CT molecular complexity index is 576. The van der Waals surface area contributed by atoms with E-state index in [-0.39, 0.29) is 0 Å². The standard InChI is InChI=1S/C13H14F2N4/c14-10-4-3-8(6-11(10)15)12-17-13(19-18-12)9-2-1-5-16-7-9/h3-4,6,9,16H,1-2,5,7H2,(H,17,18,19). The van der Waals surface area contributed by atoms with Gasteiger partial charge in [0.05, 0.1) is 0 Å². The third-order valence-electron chi connectivity index (χ3n) is 3.36. The molecule has 1 fully saturated rings. The Labute approximate surface area is 109 Å². The number of aromatic amines is 1. The van der Waals surface area contributed by atoms with E-state index in [1.807, 2.05) is 0 Å². The number of nitrogens with zero attached hydrogens (tertiary/aromatic N) is 2. The molecule has 100 valence electrons. The predicted octanol–water partition coefficient (Wildman–Crippen LogP) is 2.22. The summed E-state index contributed by atoms with van der Waals surface area (Å²) in [6.07, 6.45) is 2.16. The van der Waals surface area contributed by atoms with Crippen molar-refractivity contribution in [3.63, 3.8) is 0 Å². The lowest BCUT2D eigenvalue weighted by Crippen LogP contribution is -2.28. The summed E-state index contributed by atoms with van der Waals surface area (Å²) in [5.74, 6) is -0.245. The van der Waals surface area contributed by atoms with Gasteiger partial charge in [0.15, 0.2) is 17.5 Å². The quantitative estimate of drug-likeness (QED) is 0.874. The van der Waals surface area contributed by atoms with E-state index in [2.05, 4.69) is 20.5 Å². The van der Waals surface area contributed by atoms with Crippen LogP contribution in [-0.4, -0.2) is 28.3 Å². The molecule has 0 bridgehead atoms. The van der Waals surface area contributed by atoms with Crippen molar-refractivity contribution in [3.8, 4) is 11.4 Å². The minimum absolute atomic E-state index is 0.306. The maximum Gasteiger partial charge on any atom is 0.181 e. The number of H-pyrrole nitrogens is 1. The van der Waals surface area contributed by atoms with E-state index in [1.165, 1.54) is 6.07 Å². The van der Waals surface area contributed by atoms with Crippen LogP contribution < -0.4 is 5.32 Å². The predicted molar refractivity (Wildman–Crippen MR) is 66.6 cm³/mol. The Kier molecular flexibility index (Phi) is 3.25. The molecule has 0 spiro atoms. The van der Waals surface area contributed by atoms with Crippen LogP contribution in [0.25, 0.3) is 11.4 Å². The van der Waals surface area contributed by atoms with E-state index in [1.54, 1.807) is 0 Å². The zero-order valence-electron chi connectivity index (χ0n) is 10.3. The van der Waals surface area contributed by atoms with Crippen LogP contribution in [0.1, 0.15) is 24.6 Å². The smallest absolute Gasteiger partial charge is 0.181 e.